The maximum Gasteiger partial charge on any atom is 0.309 e. The molecule has 0 unspecified atom stereocenters. The maximum atomic E-state index is 11.6. The van der Waals surface area contributed by atoms with E-state index in [2.05, 4.69) is 12.4 Å². The molecule has 0 aromatic carbocycles. The van der Waals surface area contributed by atoms with Crippen LogP contribution in [0.25, 0.3) is 0 Å². The molecule has 0 aliphatic heterocycles. The van der Waals surface area contributed by atoms with Gasteiger partial charge >= 0.3 is 5.97 Å². The van der Waals surface area contributed by atoms with E-state index in [1.54, 1.807) is 0 Å². The van der Waals surface area contributed by atoms with Crippen LogP contribution in [0.2, 0.25) is 0 Å². The first kappa shape index (κ1) is 14.0. The Morgan fingerprint density at radius 2 is 2.29 bits per heavy atom. The summed E-state index contributed by atoms with van der Waals surface area (Å²) in [6, 6.07) is 0. The van der Waals surface area contributed by atoms with Crippen molar-refractivity contribution in [2.24, 2.45) is 11.8 Å². The maximum absolute atomic E-state index is 11.6. The minimum absolute atomic E-state index is 0.0873. The number of hydrogen-bond acceptors (Lipinski definition) is 4. The molecule has 0 saturated heterocycles. The van der Waals surface area contributed by atoms with Gasteiger partial charge in [-0.25, -0.2) is 0 Å². The van der Waals surface area contributed by atoms with Crippen LogP contribution < -0.4 is 5.48 Å². The summed E-state index contributed by atoms with van der Waals surface area (Å²) in [5, 5.41) is 9.04. The van der Waals surface area contributed by atoms with Crippen LogP contribution >= 0.6 is 0 Å². The highest BCUT2D eigenvalue weighted by Crippen LogP contribution is 2.35. The van der Waals surface area contributed by atoms with Crippen molar-refractivity contribution in [3.05, 3.63) is 11.8 Å². The molecular weight excluding hydrogens is 218 g/mol. The van der Waals surface area contributed by atoms with E-state index < -0.39 is 0 Å². The van der Waals surface area contributed by atoms with Gasteiger partial charge in [0.25, 0.3) is 0 Å². The second-order valence-electron chi connectivity index (χ2n) is 4.59. The van der Waals surface area contributed by atoms with Crippen LogP contribution in [0.5, 0.6) is 0 Å². The lowest BCUT2D eigenvalue weighted by atomic mass is 9.89. The number of methoxy groups -OCH3 is 1. The number of allylic oxidation sites excluding steroid dienone is 2. The van der Waals surface area contributed by atoms with E-state index in [1.807, 2.05) is 6.08 Å². The molecule has 1 aliphatic rings. The molecule has 0 saturated carbocycles. The summed E-state index contributed by atoms with van der Waals surface area (Å²) in [4.78, 5) is 11.6. The zero-order valence-electron chi connectivity index (χ0n) is 10.7. The summed E-state index contributed by atoms with van der Waals surface area (Å²) in [7, 11) is 1.42. The van der Waals surface area contributed by atoms with Crippen LogP contribution in [0, 0.1) is 11.8 Å². The Labute approximate surface area is 103 Å². The second-order valence-corrected chi connectivity index (χ2v) is 4.59. The molecule has 17 heavy (non-hydrogen) atoms. The fourth-order valence-electron chi connectivity index (χ4n) is 2.47. The SMILES string of the molecule is CCCCCC[C@H]1C(NO)=CC[C@H]1C(=O)OC. The number of carbonyl (C=O) groups is 1. The molecule has 4 nitrogen and oxygen atoms in total. The number of hydroxylamine groups is 1. The standard InChI is InChI=1S/C13H23NO3/c1-3-4-5-6-7-10-11(13(15)17-2)8-9-12(10)14-16/h9-11,14,16H,3-8H2,1-2H3/t10-,11-/m1/s1. The van der Waals surface area contributed by atoms with Gasteiger partial charge in [0, 0.05) is 11.6 Å². The molecular formula is C13H23NO3. The van der Waals surface area contributed by atoms with Gasteiger partial charge < -0.3 is 4.74 Å². The summed E-state index contributed by atoms with van der Waals surface area (Å²) in [5.74, 6) is -0.215. The normalized spacial score (nSPS) is 23.4. The molecule has 1 aliphatic carbocycles. The van der Waals surface area contributed by atoms with E-state index in [-0.39, 0.29) is 17.8 Å². The largest absolute Gasteiger partial charge is 0.469 e. The Bertz CT molecular complexity index is 276. The van der Waals surface area contributed by atoms with Gasteiger partial charge in [0.15, 0.2) is 0 Å². The van der Waals surface area contributed by atoms with Crippen molar-refractivity contribution in [3.63, 3.8) is 0 Å². The molecule has 0 fully saturated rings. The average Bonchev–Trinajstić information content (AvgIpc) is 2.76. The van der Waals surface area contributed by atoms with Crippen molar-refractivity contribution >= 4 is 5.97 Å². The lowest BCUT2D eigenvalue weighted by molar-refractivity contribution is -0.146. The number of carbonyl (C=O) groups excluding carboxylic acids is 1. The van der Waals surface area contributed by atoms with Gasteiger partial charge in [0.2, 0.25) is 0 Å². The van der Waals surface area contributed by atoms with E-state index in [0.29, 0.717) is 6.42 Å². The van der Waals surface area contributed by atoms with E-state index in [1.165, 1.54) is 26.4 Å². The predicted molar refractivity (Wildman–Crippen MR) is 65.4 cm³/mol. The summed E-state index contributed by atoms with van der Waals surface area (Å²) in [6.07, 6.45) is 8.18. The van der Waals surface area contributed by atoms with Gasteiger partial charge in [0.1, 0.15) is 0 Å². The van der Waals surface area contributed by atoms with Crippen molar-refractivity contribution < 1.29 is 14.7 Å². The van der Waals surface area contributed by atoms with Crippen LogP contribution in [0.3, 0.4) is 0 Å². The summed E-state index contributed by atoms with van der Waals surface area (Å²) in [6.45, 7) is 2.17. The quantitative estimate of drug-likeness (QED) is 0.408. The molecule has 98 valence electrons. The topological polar surface area (TPSA) is 58.6 Å². The minimum Gasteiger partial charge on any atom is -0.469 e. The van der Waals surface area contributed by atoms with E-state index in [9.17, 15) is 4.79 Å². The molecule has 2 atom stereocenters. The van der Waals surface area contributed by atoms with Crippen molar-refractivity contribution in [1.82, 2.24) is 5.48 Å². The predicted octanol–water partition coefficient (Wildman–Crippen LogP) is 2.63. The molecule has 0 amide bonds. The Balaban J connectivity index is 2.49. The third-order valence-electron chi connectivity index (χ3n) is 3.48. The van der Waals surface area contributed by atoms with Crippen LogP contribution in [0.15, 0.2) is 11.8 Å². The zero-order valence-corrected chi connectivity index (χ0v) is 10.7. The van der Waals surface area contributed by atoms with Crippen LogP contribution in [0.1, 0.15) is 45.4 Å². The number of nitrogens with one attached hydrogen (secondary N) is 1. The number of ether oxygens (including phenoxy) is 1. The third-order valence-corrected chi connectivity index (χ3v) is 3.48. The molecule has 0 heterocycles. The molecule has 1 rings (SSSR count). The van der Waals surface area contributed by atoms with Gasteiger partial charge in [-0.1, -0.05) is 38.7 Å². The Morgan fingerprint density at radius 3 is 2.88 bits per heavy atom. The Morgan fingerprint density at radius 1 is 1.53 bits per heavy atom. The highest BCUT2D eigenvalue weighted by molar-refractivity contribution is 5.74. The van der Waals surface area contributed by atoms with Crippen LogP contribution in [-0.4, -0.2) is 18.3 Å². The first-order valence-corrected chi connectivity index (χ1v) is 6.42. The molecule has 0 aromatic rings. The molecule has 0 aromatic heterocycles. The van der Waals surface area contributed by atoms with Gasteiger partial charge in [0.05, 0.1) is 13.0 Å². The van der Waals surface area contributed by atoms with E-state index >= 15 is 0 Å². The van der Waals surface area contributed by atoms with Gasteiger partial charge in [-0.3, -0.25) is 15.5 Å². The third kappa shape index (κ3) is 3.73. The molecule has 0 bridgehead atoms. The van der Waals surface area contributed by atoms with E-state index in [0.717, 1.165) is 18.5 Å². The zero-order chi connectivity index (χ0) is 12.7. The van der Waals surface area contributed by atoms with E-state index in [4.69, 9.17) is 9.94 Å². The fraction of sp³-hybridized carbons (Fsp3) is 0.769. The highest BCUT2D eigenvalue weighted by Gasteiger charge is 2.35. The first-order chi connectivity index (χ1) is 8.24. The van der Waals surface area contributed by atoms with Crippen molar-refractivity contribution in [1.29, 1.82) is 0 Å². The number of hydrogen-bond donors (Lipinski definition) is 2. The monoisotopic (exact) mass is 241 g/mol. The fourth-order valence-corrected chi connectivity index (χ4v) is 2.47. The Kier molecular flexibility index (Phi) is 6.05. The number of rotatable bonds is 7. The molecule has 0 spiro atoms. The van der Waals surface area contributed by atoms with Gasteiger partial charge in [-0.15, -0.1) is 0 Å². The van der Waals surface area contributed by atoms with Crippen molar-refractivity contribution in [2.45, 2.75) is 45.4 Å². The lowest BCUT2D eigenvalue weighted by Crippen LogP contribution is -2.26. The highest BCUT2D eigenvalue weighted by atomic mass is 16.5. The molecule has 2 N–H and O–H groups in total. The number of esters is 1. The molecule has 0 radical (unpaired) electrons. The second kappa shape index (κ2) is 7.33. The Hall–Kier alpha value is -1.03. The van der Waals surface area contributed by atoms with Crippen molar-refractivity contribution in [3.8, 4) is 0 Å². The summed E-state index contributed by atoms with van der Waals surface area (Å²) in [5.41, 5.74) is 2.99. The van der Waals surface area contributed by atoms with Gasteiger partial charge in [-0.05, 0) is 12.8 Å². The average molecular weight is 241 g/mol. The minimum atomic E-state index is -0.174. The summed E-state index contributed by atoms with van der Waals surface area (Å²) < 4.78 is 4.80. The van der Waals surface area contributed by atoms with Crippen molar-refractivity contribution in [2.75, 3.05) is 7.11 Å². The first-order valence-electron chi connectivity index (χ1n) is 6.42. The smallest absolute Gasteiger partial charge is 0.309 e. The number of unbranched alkanes of at least 4 members (excludes halogenated alkanes) is 3. The summed E-state index contributed by atoms with van der Waals surface area (Å²) >= 11 is 0. The lowest BCUT2D eigenvalue weighted by Gasteiger charge is -2.20. The van der Waals surface area contributed by atoms with Gasteiger partial charge in [-0.2, -0.15) is 0 Å². The van der Waals surface area contributed by atoms with Crippen LogP contribution in [-0.2, 0) is 9.53 Å². The van der Waals surface area contributed by atoms with Crippen LogP contribution in [0.4, 0.5) is 0 Å². The molecule has 4 heteroatoms.